The number of pyridine rings is 1. The second-order valence-corrected chi connectivity index (χ2v) is 4.85. The van der Waals surface area contributed by atoms with Crippen molar-refractivity contribution in [3.05, 3.63) is 58.2 Å². The van der Waals surface area contributed by atoms with Crippen molar-refractivity contribution < 1.29 is 14.5 Å². The summed E-state index contributed by atoms with van der Waals surface area (Å²) >= 11 is 3.35. The Morgan fingerprint density at radius 1 is 1.22 bits per heavy atom. The molecule has 0 saturated heterocycles. The number of hydrogen-bond acceptors (Lipinski definition) is 3. The normalized spacial score (nSPS) is 17.2. The molecule has 0 spiro atoms. The molecule has 1 atom stereocenters. The van der Waals surface area contributed by atoms with Gasteiger partial charge in [-0.25, -0.2) is 15.1 Å². The standard InChI is InChI=1S/C13H9BrN2O2/c14-8-5-6-11(15-7-8)16-12-9-3-1-2-4-10(9)13(17)18-12/h1-7,12H,(H,15,16)/p+1/t12-/m0/s1. The van der Waals surface area contributed by atoms with Gasteiger partial charge in [0.25, 0.3) is 12.0 Å². The highest BCUT2D eigenvalue weighted by Gasteiger charge is 2.33. The van der Waals surface area contributed by atoms with Crippen LogP contribution in [0, 0.1) is 0 Å². The number of aromatic amines is 1. The molecule has 0 fully saturated rings. The van der Waals surface area contributed by atoms with Crippen LogP contribution in [0.25, 0.3) is 0 Å². The van der Waals surface area contributed by atoms with Gasteiger partial charge in [0.15, 0.2) is 0 Å². The average Bonchev–Trinajstić information content (AvgIpc) is 2.70. The minimum absolute atomic E-state index is 0.291. The van der Waals surface area contributed by atoms with E-state index < -0.39 is 6.23 Å². The lowest BCUT2D eigenvalue weighted by Gasteiger charge is -2.07. The summed E-state index contributed by atoms with van der Waals surface area (Å²) in [6, 6.07) is 11.1. The molecule has 0 amide bonds. The Hall–Kier alpha value is -1.88. The Morgan fingerprint density at radius 2 is 2.06 bits per heavy atom. The molecule has 90 valence electrons. The van der Waals surface area contributed by atoms with Crippen LogP contribution >= 0.6 is 15.9 Å². The molecular formula is C13H10BrN2O2+. The lowest BCUT2D eigenvalue weighted by atomic mass is 10.1. The number of anilines is 1. The Bertz CT molecular complexity index is 598. The molecular weight excluding hydrogens is 296 g/mol. The van der Waals surface area contributed by atoms with Gasteiger partial charge in [0.1, 0.15) is 6.20 Å². The van der Waals surface area contributed by atoms with Gasteiger partial charge in [0.05, 0.1) is 15.6 Å². The summed E-state index contributed by atoms with van der Waals surface area (Å²) in [5.41, 5.74) is 1.48. The number of carbonyl (C=O) groups is 1. The van der Waals surface area contributed by atoms with Gasteiger partial charge >= 0.3 is 5.97 Å². The van der Waals surface area contributed by atoms with E-state index in [4.69, 9.17) is 4.74 Å². The smallest absolute Gasteiger partial charge is 0.342 e. The lowest BCUT2D eigenvalue weighted by Crippen LogP contribution is -2.17. The second-order valence-electron chi connectivity index (χ2n) is 3.94. The first-order chi connectivity index (χ1) is 8.74. The third-order valence-electron chi connectivity index (χ3n) is 2.75. The second kappa shape index (κ2) is 4.42. The molecule has 18 heavy (non-hydrogen) atoms. The van der Waals surface area contributed by atoms with Crippen molar-refractivity contribution in [2.45, 2.75) is 6.23 Å². The van der Waals surface area contributed by atoms with Crippen molar-refractivity contribution in [3.8, 4) is 0 Å². The van der Waals surface area contributed by atoms with Crippen molar-refractivity contribution in [1.29, 1.82) is 0 Å². The molecule has 0 bridgehead atoms. The lowest BCUT2D eigenvalue weighted by molar-refractivity contribution is -0.362. The fraction of sp³-hybridized carbons (Fsp3) is 0.0769. The number of halogens is 1. The first-order valence-electron chi connectivity index (χ1n) is 5.48. The minimum Gasteiger partial charge on any atom is -0.414 e. The molecule has 4 nitrogen and oxygen atoms in total. The first kappa shape index (κ1) is 11.2. The molecule has 0 saturated carbocycles. The number of cyclic esters (lactones) is 1. The minimum atomic E-state index is -0.439. The van der Waals surface area contributed by atoms with Crippen molar-refractivity contribution in [2.24, 2.45) is 0 Å². The van der Waals surface area contributed by atoms with Crippen LogP contribution in [0.4, 0.5) is 5.82 Å². The quantitative estimate of drug-likeness (QED) is 0.868. The van der Waals surface area contributed by atoms with Crippen molar-refractivity contribution in [3.63, 3.8) is 0 Å². The number of carbonyl (C=O) groups excluding carboxylic acids is 1. The fourth-order valence-electron chi connectivity index (χ4n) is 1.89. The van der Waals surface area contributed by atoms with Gasteiger partial charge in [-0.1, -0.05) is 18.2 Å². The Labute approximate surface area is 112 Å². The molecule has 2 aromatic rings. The third-order valence-corrected chi connectivity index (χ3v) is 3.24. The maximum absolute atomic E-state index is 11.6. The summed E-state index contributed by atoms with van der Waals surface area (Å²) in [5, 5.41) is 3.14. The van der Waals surface area contributed by atoms with Gasteiger partial charge < -0.3 is 4.74 Å². The number of benzene rings is 1. The fourth-order valence-corrected chi connectivity index (χ4v) is 2.14. The number of rotatable bonds is 2. The van der Waals surface area contributed by atoms with E-state index in [1.54, 1.807) is 6.07 Å². The Balaban J connectivity index is 1.87. The molecule has 1 aliphatic heterocycles. The van der Waals surface area contributed by atoms with E-state index in [9.17, 15) is 4.79 Å². The molecule has 1 aliphatic rings. The van der Waals surface area contributed by atoms with E-state index in [0.29, 0.717) is 5.56 Å². The summed E-state index contributed by atoms with van der Waals surface area (Å²) in [4.78, 5) is 14.7. The zero-order valence-electron chi connectivity index (χ0n) is 9.31. The van der Waals surface area contributed by atoms with Crippen molar-refractivity contribution >= 4 is 27.7 Å². The molecule has 1 aromatic carbocycles. The molecule has 2 heterocycles. The highest BCUT2D eigenvalue weighted by atomic mass is 79.9. The number of nitrogens with one attached hydrogen (secondary N) is 2. The summed E-state index contributed by atoms with van der Waals surface area (Å²) in [7, 11) is 0. The van der Waals surface area contributed by atoms with Crippen LogP contribution in [-0.2, 0) is 4.74 Å². The number of H-pyrrole nitrogens is 1. The van der Waals surface area contributed by atoms with Gasteiger partial charge in [0, 0.05) is 6.07 Å². The predicted octanol–water partition coefficient (Wildman–Crippen LogP) is 2.54. The monoisotopic (exact) mass is 305 g/mol. The van der Waals surface area contributed by atoms with Crippen molar-refractivity contribution in [2.75, 3.05) is 5.32 Å². The van der Waals surface area contributed by atoms with Crippen LogP contribution in [0.3, 0.4) is 0 Å². The van der Waals surface area contributed by atoms with Crippen LogP contribution < -0.4 is 10.3 Å². The van der Waals surface area contributed by atoms with Gasteiger partial charge in [0.2, 0.25) is 0 Å². The molecule has 1 aromatic heterocycles. The molecule has 0 unspecified atom stereocenters. The van der Waals surface area contributed by atoms with Gasteiger partial charge in [-0.05, 0) is 28.1 Å². The van der Waals surface area contributed by atoms with Crippen LogP contribution in [0.15, 0.2) is 47.1 Å². The number of esters is 1. The largest absolute Gasteiger partial charge is 0.414 e. The molecule has 0 radical (unpaired) electrons. The number of fused-ring (bicyclic) bond motifs is 1. The van der Waals surface area contributed by atoms with Crippen molar-refractivity contribution in [1.82, 2.24) is 0 Å². The maximum atomic E-state index is 11.6. The van der Waals surface area contributed by atoms with Crippen LogP contribution in [0.2, 0.25) is 0 Å². The molecule has 0 aliphatic carbocycles. The predicted molar refractivity (Wildman–Crippen MR) is 68.9 cm³/mol. The van der Waals surface area contributed by atoms with Gasteiger partial charge in [-0.3, -0.25) is 0 Å². The van der Waals surface area contributed by atoms with Crippen LogP contribution in [0.1, 0.15) is 22.1 Å². The maximum Gasteiger partial charge on any atom is 0.342 e. The summed E-state index contributed by atoms with van der Waals surface area (Å²) < 4.78 is 6.24. The Kier molecular flexibility index (Phi) is 2.76. The SMILES string of the molecule is O=C1O[C@H](Nc2ccc(Br)c[nH+]2)c2ccccc21. The third kappa shape index (κ3) is 1.97. The van der Waals surface area contributed by atoms with E-state index in [1.165, 1.54) is 0 Å². The van der Waals surface area contributed by atoms with Gasteiger partial charge in [-0.2, -0.15) is 0 Å². The van der Waals surface area contributed by atoms with Crippen LogP contribution in [0.5, 0.6) is 0 Å². The van der Waals surface area contributed by atoms with Gasteiger partial charge in [-0.15, -0.1) is 0 Å². The highest BCUT2D eigenvalue weighted by Crippen LogP contribution is 2.30. The summed E-state index contributed by atoms with van der Waals surface area (Å²) in [6.07, 6.45) is 1.37. The molecule has 2 N–H and O–H groups in total. The zero-order chi connectivity index (χ0) is 12.5. The van der Waals surface area contributed by atoms with E-state index >= 15 is 0 Å². The van der Waals surface area contributed by atoms with E-state index in [0.717, 1.165) is 15.9 Å². The zero-order valence-corrected chi connectivity index (χ0v) is 10.9. The summed E-state index contributed by atoms with van der Waals surface area (Å²) in [5.74, 6) is 0.493. The number of hydrogen-bond donors (Lipinski definition) is 1. The topological polar surface area (TPSA) is 52.5 Å². The molecule has 3 rings (SSSR count). The van der Waals surface area contributed by atoms with E-state index in [2.05, 4.69) is 26.2 Å². The van der Waals surface area contributed by atoms with E-state index in [1.807, 2.05) is 36.5 Å². The number of ether oxygens (including phenoxy) is 1. The highest BCUT2D eigenvalue weighted by molar-refractivity contribution is 9.10. The Morgan fingerprint density at radius 3 is 2.83 bits per heavy atom. The molecule has 5 heteroatoms. The van der Waals surface area contributed by atoms with E-state index in [-0.39, 0.29) is 5.97 Å². The first-order valence-corrected chi connectivity index (χ1v) is 6.27. The average molecular weight is 306 g/mol. The van der Waals surface area contributed by atoms with Crippen LogP contribution in [-0.4, -0.2) is 5.97 Å². The summed E-state index contributed by atoms with van der Waals surface area (Å²) in [6.45, 7) is 0. The number of aromatic nitrogens is 1.